The number of carboxylic acid groups (broad SMARTS) is 1. The molecule has 654 valence electrons. The highest BCUT2D eigenvalue weighted by molar-refractivity contribution is 9.10. The van der Waals surface area contributed by atoms with Crippen molar-refractivity contribution in [2.45, 2.75) is 242 Å². The van der Waals surface area contributed by atoms with Crippen LogP contribution in [0.4, 0.5) is 0 Å². The smallest absolute Gasteiger partial charge is 0.330 e. The van der Waals surface area contributed by atoms with E-state index in [1.54, 1.807) is 12.1 Å². The van der Waals surface area contributed by atoms with Gasteiger partial charge in [0.25, 0.3) is 0 Å². The van der Waals surface area contributed by atoms with Crippen LogP contribution in [0.3, 0.4) is 0 Å². The number of carboxylic acids is 1. The molecule has 0 aliphatic rings. The third-order valence-corrected chi connectivity index (χ3v) is 31.9. The predicted octanol–water partition coefficient (Wildman–Crippen LogP) is 22.8. The van der Waals surface area contributed by atoms with E-state index >= 15 is 0 Å². The lowest BCUT2D eigenvalue weighted by Crippen LogP contribution is -2.29. The summed E-state index contributed by atoms with van der Waals surface area (Å²) in [4.78, 5) is 58.8. The Labute approximate surface area is 738 Å². The Bertz CT molecular complexity index is 6080. The number of H-pyrrole nitrogens is 2. The molecule has 0 aliphatic carbocycles. The molecule has 26 heteroatoms. The highest BCUT2D eigenvalue weighted by atomic mass is 79.9. The van der Waals surface area contributed by atoms with E-state index in [9.17, 15) is 30.0 Å². The van der Waals surface area contributed by atoms with Crippen molar-refractivity contribution in [3.63, 3.8) is 0 Å². The Morgan fingerprint density at radius 3 is 1.35 bits per heavy atom. The molecule has 3 atom stereocenters. The number of nitrogens with one attached hydrogen (secondary N) is 2. The van der Waals surface area contributed by atoms with Crippen LogP contribution in [0.1, 0.15) is 129 Å². The maximum absolute atomic E-state index is 12.6. The molecular weight excluding hydrogens is 1670 g/mol. The zero-order valence-electron chi connectivity index (χ0n) is 77.4. The van der Waals surface area contributed by atoms with Gasteiger partial charge in [0.1, 0.15) is 44.4 Å². The van der Waals surface area contributed by atoms with Crippen LogP contribution in [0, 0.1) is 85.0 Å². The van der Waals surface area contributed by atoms with Crippen LogP contribution >= 0.6 is 15.9 Å². The second kappa shape index (κ2) is 38.9. The lowest BCUT2D eigenvalue weighted by atomic mass is 9.73. The molecule has 0 aliphatic heterocycles. The summed E-state index contributed by atoms with van der Waals surface area (Å²) in [5.41, 5.74) is 20.9. The van der Waals surface area contributed by atoms with Crippen LogP contribution in [0.5, 0.6) is 0 Å². The zero-order chi connectivity index (χ0) is 90.4. The normalized spacial score (nSPS) is 13.8. The third-order valence-electron chi connectivity index (χ3n) is 24.5. The van der Waals surface area contributed by atoms with Crippen molar-refractivity contribution in [3.05, 3.63) is 216 Å². The quantitative estimate of drug-likeness (QED) is 0.0149. The van der Waals surface area contributed by atoms with E-state index in [2.05, 4.69) is 255 Å². The second-order valence-corrected chi connectivity index (χ2v) is 61.9. The minimum atomic E-state index is -1.31. The molecule has 0 saturated heterocycles. The van der Waals surface area contributed by atoms with Crippen molar-refractivity contribution < 1.29 is 47.9 Å². The topological polar surface area (TPSA) is 264 Å². The van der Waals surface area contributed by atoms with Crippen molar-refractivity contribution in [3.8, 4) is 12.1 Å². The number of carbonyl (C=O) groups is 3. The van der Waals surface area contributed by atoms with Gasteiger partial charge in [0, 0.05) is 122 Å². The van der Waals surface area contributed by atoms with Crippen molar-refractivity contribution in [1.29, 1.82) is 10.5 Å². The number of fused-ring (bicyclic) bond motifs is 6. The number of hydrogen-bond donors (Lipinski definition) is 3. The fraction of sp³-hybridized carbons (Fsp3) is 0.443. The van der Waals surface area contributed by atoms with Crippen LogP contribution in [-0.4, -0.2) is 139 Å². The minimum Gasteiger partial charge on any atom is -0.481 e. The number of ether oxygens (including phenoxy) is 6. The maximum Gasteiger partial charge on any atom is 0.330 e. The maximum atomic E-state index is 12.6. The SMILES string of the molecule is COC(=O)C=CC(C)(c1c(C)c(C)c(C)c2c1ccn2COCC[Si](C)(C)C)c1nc2cc(Br)ccc2n1COCC[Si](C)(C)C.COC(=O)C=CC(C)(c1c(C)c(C)c(C)c2c1ccn2COCC[Si](C)(C)C)c1nc2cc(C#N)ccc2n1COCC[Si](C)(C)C.Cc1c(C)c(C)c2[nH]ccc2c1C(C)(CCC(=O)O)c1nc2ccc(C#N)cc2[nH]1. The van der Waals surface area contributed by atoms with Crippen molar-refractivity contribution >= 4 is 132 Å². The van der Waals surface area contributed by atoms with Gasteiger partial charge in [0.2, 0.25) is 0 Å². The summed E-state index contributed by atoms with van der Waals surface area (Å²) in [5, 5.41) is 31.6. The van der Waals surface area contributed by atoms with Crippen LogP contribution < -0.4 is 0 Å². The van der Waals surface area contributed by atoms with E-state index in [4.69, 9.17) is 43.4 Å². The highest BCUT2D eigenvalue weighted by Gasteiger charge is 2.41. The van der Waals surface area contributed by atoms with Gasteiger partial charge in [-0.15, -0.1) is 0 Å². The molecule has 0 radical (unpaired) electrons. The zero-order valence-corrected chi connectivity index (χ0v) is 83.0. The fourth-order valence-corrected chi connectivity index (χ4v) is 20.0. The number of esters is 2. The number of allylic oxidation sites excluding steroid dienone is 2. The summed E-state index contributed by atoms with van der Waals surface area (Å²) in [6.45, 7) is 58.3. The van der Waals surface area contributed by atoms with Gasteiger partial charge in [0.05, 0.1) is 97.9 Å². The van der Waals surface area contributed by atoms with Gasteiger partial charge in [-0.1, -0.05) is 107 Å². The Balaban J connectivity index is 0.000000198. The number of nitriles is 2. The molecule has 0 spiro atoms. The molecule has 0 bridgehead atoms. The van der Waals surface area contributed by atoms with Gasteiger partial charge >= 0.3 is 17.9 Å². The molecular formula is C97H128BrN11O10Si4. The summed E-state index contributed by atoms with van der Waals surface area (Å²) >= 11 is 3.64. The van der Waals surface area contributed by atoms with E-state index in [1.165, 1.54) is 65.3 Å². The number of benzene rings is 6. The minimum absolute atomic E-state index is 0.0231. The number of methoxy groups -OCH3 is 2. The van der Waals surface area contributed by atoms with E-state index in [0.29, 0.717) is 69.0 Å². The van der Waals surface area contributed by atoms with Crippen molar-refractivity contribution in [1.82, 2.24) is 43.2 Å². The molecule has 123 heavy (non-hydrogen) atoms. The Morgan fingerprint density at radius 2 is 0.911 bits per heavy atom. The monoisotopic (exact) mass is 1800 g/mol. The number of nitrogens with zero attached hydrogens (tertiary/aromatic N) is 9. The number of aromatic nitrogens is 9. The van der Waals surface area contributed by atoms with E-state index in [0.717, 1.165) is 142 Å². The van der Waals surface area contributed by atoms with Crippen LogP contribution in [0.25, 0.3) is 65.8 Å². The van der Waals surface area contributed by atoms with Gasteiger partial charge in [-0.2, -0.15) is 10.5 Å². The average Bonchev–Trinajstić information content (AvgIpc) is 1.60. The number of carbonyl (C=O) groups excluding carboxylic acids is 2. The number of halogens is 1. The first-order valence-corrected chi connectivity index (χ1v) is 58.2. The first-order valence-electron chi connectivity index (χ1n) is 42.5. The van der Waals surface area contributed by atoms with Gasteiger partial charge in [-0.25, -0.2) is 24.5 Å². The average molecular weight is 1800 g/mol. The Hall–Kier alpha value is -9.59. The van der Waals surface area contributed by atoms with E-state index in [1.807, 2.05) is 54.7 Å². The molecule has 6 aromatic heterocycles. The molecule has 0 amide bonds. The number of hydrogen-bond acceptors (Lipinski definition) is 14. The van der Waals surface area contributed by atoms with Crippen LogP contribution in [0.2, 0.25) is 103 Å². The first kappa shape index (κ1) is 95.6. The molecule has 21 nitrogen and oxygen atoms in total. The van der Waals surface area contributed by atoms with Crippen LogP contribution in [-0.2, 0) is 86.0 Å². The Morgan fingerprint density at radius 1 is 0.496 bits per heavy atom. The predicted molar refractivity (Wildman–Crippen MR) is 512 cm³/mol. The summed E-state index contributed by atoms with van der Waals surface area (Å²) in [5.74, 6) is 0.555. The van der Waals surface area contributed by atoms with E-state index in [-0.39, 0.29) is 6.42 Å². The summed E-state index contributed by atoms with van der Waals surface area (Å²) < 4.78 is 44.9. The molecule has 12 rings (SSSR count). The highest BCUT2D eigenvalue weighted by Crippen LogP contribution is 2.48. The lowest BCUT2D eigenvalue weighted by molar-refractivity contribution is -0.137. The van der Waals surface area contributed by atoms with Crippen molar-refractivity contribution in [2.24, 2.45) is 0 Å². The third kappa shape index (κ3) is 21.7. The number of imidazole rings is 3. The van der Waals surface area contributed by atoms with Crippen LogP contribution in [0.15, 0.2) is 120 Å². The first-order chi connectivity index (χ1) is 57.7. The van der Waals surface area contributed by atoms with Gasteiger partial charge in [0.15, 0.2) is 0 Å². The summed E-state index contributed by atoms with van der Waals surface area (Å²) in [6, 6.07) is 32.2. The standard InChI is InChI=1S/C37H52N4O4Si2.C36H52BrN3O4Si2.C24H24N4O2/c1-26-27(2)34(30-15-17-40(35(30)28(26)3)24-44-18-20-46(6,7)8)37(4,16-14-33(42)43-5)36-39-31-22-29(23-38)12-13-32(31)41(36)25-45-19-21-47(9,10)11;1-25-26(2)33(29-15-17-39(34(29)27(25)3)23-43-18-20-45(6,7)8)36(4,16-14-32(41)42-5)35-38-30-22-28(37)12-13-31(30)40(35)24-44-19-21-46(9,10)11;1-13-14(2)21(17-8-10-26-22(17)15(13)3)24(4,9-7-20(29)30)23-27-18-6-5-16(12-25)11-19(18)28-23/h12-17,22H,18-21,24-25H2,1-11H3;12-17,22H,18-21,23-24H2,1-11H3;5-6,8,10-11,26H,7,9H2,1-4H3,(H,27,28)(H,29,30). The summed E-state index contributed by atoms with van der Waals surface area (Å²) in [7, 11) is -2.20. The molecule has 6 aromatic carbocycles. The Kier molecular flexibility index (Phi) is 30.2. The van der Waals surface area contributed by atoms with Gasteiger partial charge in [-0.3, -0.25) is 4.79 Å². The lowest BCUT2D eigenvalue weighted by Gasteiger charge is -2.31. The largest absolute Gasteiger partial charge is 0.481 e. The molecule has 0 fully saturated rings. The number of aliphatic carboxylic acids is 1. The molecule has 3 unspecified atom stereocenters. The number of rotatable bonds is 33. The van der Waals surface area contributed by atoms with Gasteiger partial charge in [-0.05, 0) is 253 Å². The molecule has 0 saturated carbocycles. The van der Waals surface area contributed by atoms with E-state index < -0.39 is 66.4 Å². The number of aromatic amines is 2. The fourth-order valence-electron chi connectivity index (χ4n) is 16.6. The molecule has 6 heterocycles. The molecule has 12 aromatic rings. The molecule has 3 N–H and O–H groups in total. The summed E-state index contributed by atoms with van der Waals surface area (Å²) in [6.07, 6.45) is 13.4. The van der Waals surface area contributed by atoms with Crippen molar-refractivity contribution in [2.75, 3.05) is 40.6 Å². The second-order valence-electron chi connectivity index (χ2n) is 38.5. The number of aryl methyl sites for hydroxylation is 3. The van der Waals surface area contributed by atoms with Gasteiger partial charge < -0.3 is 61.8 Å².